The molecule has 0 saturated carbocycles. The van der Waals surface area contributed by atoms with Crippen molar-refractivity contribution in [1.82, 2.24) is 5.32 Å². The van der Waals surface area contributed by atoms with E-state index in [1.807, 2.05) is 0 Å². The second-order valence-corrected chi connectivity index (χ2v) is 7.46. The quantitative estimate of drug-likeness (QED) is 0.423. The number of fused-ring (bicyclic) bond motifs is 1. The summed E-state index contributed by atoms with van der Waals surface area (Å²) in [5.41, 5.74) is 3.26. The molecule has 0 spiro atoms. The normalized spacial score (nSPS) is 13.0. The lowest BCUT2D eigenvalue weighted by Gasteiger charge is -2.19. The molecule has 0 saturated heterocycles. The maximum atomic E-state index is 6.29. The van der Waals surface area contributed by atoms with Crippen LogP contribution in [0.3, 0.4) is 0 Å². The van der Waals surface area contributed by atoms with E-state index < -0.39 is 0 Å². The van der Waals surface area contributed by atoms with Gasteiger partial charge in [0.05, 0.1) is 18.7 Å². The van der Waals surface area contributed by atoms with E-state index in [0.29, 0.717) is 13.2 Å². The van der Waals surface area contributed by atoms with Crippen LogP contribution < -0.4 is 10.1 Å². The van der Waals surface area contributed by atoms with Gasteiger partial charge in [-0.3, -0.25) is 4.99 Å². The van der Waals surface area contributed by atoms with E-state index in [4.69, 9.17) is 9.47 Å². The molecule has 1 heterocycles. The summed E-state index contributed by atoms with van der Waals surface area (Å²) < 4.78 is 11.5. The zero-order valence-corrected chi connectivity index (χ0v) is 18.2. The summed E-state index contributed by atoms with van der Waals surface area (Å²) >= 11 is 1.74. The van der Waals surface area contributed by atoms with Crippen LogP contribution in [0.25, 0.3) is 21.9 Å². The number of hydrogen-bond donors (Lipinski definition) is 1. The third kappa shape index (κ3) is 4.53. The van der Waals surface area contributed by atoms with E-state index in [1.165, 1.54) is 15.7 Å². The van der Waals surface area contributed by atoms with Crippen molar-refractivity contribution in [2.24, 2.45) is 4.99 Å². The van der Waals surface area contributed by atoms with Crippen molar-refractivity contribution < 1.29 is 9.47 Å². The zero-order chi connectivity index (χ0) is 19.3. The molecule has 0 radical (unpaired) electrons. The number of halogens is 1. The van der Waals surface area contributed by atoms with Crippen molar-refractivity contribution in [2.45, 2.75) is 4.90 Å². The Labute approximate surface area is 182 Å². The molecule has 0 aliphatic carbocycles. The van der Waals surface area contributed by atoms with Gasteiger partial charge in [0.1, 0.15) is 18.2 Å². The predicted octanol–water partition coefficient (Wildman–Crippen LogP) is 5.03. The van der Waals surface area contributed by atoms with Crippen LogP contribution in [0, 0.1) is 0 Å². The molecule has 4 nitrogen and oxygen atoms in total. The first-order valence-corrected chi connectivity index (χ1v) is 10.6. The molecule has 1 aliphatic heterocycles. The number of ether oxygens (including phenoxy) is 2. The highest BCUT2D eigenvalue weighted by Crippen LogP contribution is 2.41. The van der Waals surface area contributed by atoms with E-state index in [2.05, 4.69) is 71.2 Å². The van der Waals surface area contributed by atoms with Crippen LogP contribution >= 0.6 is 24.2 Å². The minimum Gasteiger partial charge on any atom is -0.490 e. The van der Waals surface area contributed by atoms with Gasteiger partial charge in [0.2, 0.25) is 0 Å². The number of aliphatic imine (C=N–C) groups is 1. The van der Waals surface area contributed by atoms with Crippen LogP contribution in [0.15, 0.2) is 64.5 Å². The Hall–Kier alpha value is -2.21. The summed E-state index contributed by atoms with van der Waals surface area (Å²) in [4.78, 5) is 5.90. The number of nitrogens with one attached hydrogen (secondary N) is 1. The number of nitrogens with zero attached hydrogens (tertiary/aromatic N) is 1. The molecule has 0 amide bonds. The number of amidine groups is 1. The lowest BCUT2D eigenvalue weighted by atomic mass is 9.93. The standard InChI is InChI=1S/C23H24N2O2S.ClH/c1-26-13-14-27-22-20(23-24-11-12-25-23)15-17-5-3-4-6-19(17)21(22)16-7-9-18(28-2)10-8-16;/h3-10,15H,11-14H2,1-2H3,(H,24,25);1H. The molecular formula is C23H25ClN2O2S. The highest BCUT2D eigenvalue weighted by atomic mass is 35.5. The lowest BCUT2D eigenvalue weighted by molar-refractivity contribution is 0.146. The number of thioether (sulfide) groups is 1. The molecule has 4 rings (SSSR count). The van der Waals surface area contributed by atoms with E-state index in [-0.39, 0.29) is 12.4 Å². The Morgan fingerprint density at radius 1 is 1.07 bits per heavy atom. The monoisotopic (exact) mass is 428 g/mol. The second-order valence-electron chi connectivity index (χ2n) is 6.58. The third-order valence-corrected chi connectivity index (χ3v) is 5.59. The molecule has 0 unspecified atom stereocenters. The smallest absolute Gasteiger partial charge is 0.138 e. The molecule has 3 aromatic carbocycles. The SMILES string of the molecule is COCCOc1c(C2=NCCN2)cc2ccccc2c1-c1ccc(SC)cc1.Cl. The zero-order valence-electron chi connectivity index (χ0n) is 16.6. The summed E-state index contributed by atoms with van der Waals surface area (Å²) in [6.07, 6.45) is 2.09. The Balaban J connectivity index is 0.00000240. The molecule has 1 aliphatic rings. The van der Waals surface area contributed by atoms with Crippen LogP contribution in [-0.2, 0) is 4.74 Å². The highest BCUT2D eigenvalue weighted by Gasteiger charge is 2.21. The molecule has 0 aromatic heterocycles. The van der Waals surface area contributed by atoms with Crippen LogP contribution in [0.2, 0.25) is 0 Å². The molecule has 6 heteroatoms. The van der Waals surface area contributed by atoms with E-state index in [1.54, 1.807) is 18.9 Å². The molecule has 0 bridgehead atoms. The molecule has 3 aromatic rings. The van der Waals surface area contributed by atoms with Crippen molar-refractivity contribution in [2.75, 3.05) is 39.7 Å². The minimum atomic E-state index is 0. The van der Waals surface area contributed by atoms with Gasteiger partial charge in [0.15, 0.2) is 0 Å². The van der Waals surface area contributed by atoms with Crippen LogP contribution in [0.4, 0.5) is 0 Å². The Morgan fingerprint density at radius 3 is 2.55 bits per heavy atom. The average Bonchev–Trinajstić information content (AvgIpc) is 3.28. The fraction of sp³-hybridized carbons (Fsp3) is 0.261. The molecule has 1 N–H and O–H groups in total. The maximum Gasteiger partial charge on any atom is 0.138 e. The molecule has 29 heavy (non-hydrogen) atoms. The Kier molecular flexibility index (Phi) is 7.42. The number of rotatable bonds is 7. The van der Waals surface area contributed by atoms with E-state index in [9.17, 15) is 0 Å². The van der Waals surface area contributed by atoms with Crippen LogP contribution in [-0.4, -0.2) is 45.5 Å². The molecule has 0 fully saturated rings. The number of methoxy groups -OCH3 is 1. The molecule has 0 atom stereocenters. The van der Waals surface area contributed by atoms with Gasteiger partial charge in [-0.15, -0.1) is 24.2 Å². The van der Waals surface area contributed by atoms with Crippen LogP contribution in [0.1, 0.15) is 5.56 Å². The van der Waals surface area contributed by atoms with Gasteiger partial charge < -0.3 is 14.8 Å². The third-order valence-electron chi connectivity index (χ3n) is 4.84. The van der Waals surface area contributed by atoms with E-state index in [0.717, 1.165) is 41.4 Å². The first-order chi connectivity index (χ1) is 13.8. The number of hydrogen-bond acceptors (Lipinski definition) is 5. The van der Waals surface area contributed by atoms with Gasteiger partial charge >= 0.3 is 0 Å². The highest BCUT2D eigenvalue weighted by molar-refractivity contribution is 7.98. The van der Waals surface area contributed by atoms with Crippen molar-refractivity contribution in [3.63, 3.8) is 0 Å². The Bertz CT molecular complexity index is 1010. The van der Waals surface area contributed by atoms with Crippen molar-refractivity contribution in [1.29, 1.82) is 0 Å². The largest absolute Gasteiger partial charge is 0.490 e. The van der Waals surface area contributed by atoms with Gasteiger partial charge in [-0.1, -0.05) is 36.4 Å². The summed E-state index contributed by atoms with van der Waals surface area (Å²) in [5.74, 6) is 1.76. The van der Waals surface area contributed by atoms with Gasteiger partial charge in [-0.2, -0.15) is 0 Å². The fourth-order valence-electron chi connectivity index (χ4n) is 3.50. The lowest BCUT2D eigenvalue weighted by Crippen LogP contribution is -2.21. The summed E-state index contributed by atoms with van der Waals surface area (Å²) in [6.45, 7) is 2.68. The van der Waals surface area contributed by atoms with Gasteiger partial charge in [0.25, 0.3) is 0 Å². The van der Waals surface area contributed by atoms with Crippen molar-refractivity contribution in [3.8, 4) is 16.9 Å². The number of benzene rings is 3. The summed E-state index contributed by atoms with van der Waals surface area (Å²) in [6, 6.07) is 19.3. The topological polar surface area (TPSA) is 42.9 Å². The summed E-state index contributed by atoms with van der Waals surface area (Å²) in [7, 11) is 1.69. The molecular weight excluding hydrogens is 404 g/mol. The predicted molar refractivity (Wildman–Crippen MR) is 125 cm³/mol. The van der Waals surface area contributed by atoms with Crippen LogP contribution in [0.5, 0.6) is 5.75 Å². The minimum absolute atomic E-state index is 0. The van der Waals surface area contributed by atoms with Gasteiger partial charge in [0, 0.05) is 24.1 Å². The fourth-order valence-corrected chi connectivity index (χ4v) is 3.91. The van der Waals surface area contributed by atoms with Gasteiger partial charge in [-0.05, 0) is 40.8 Å². The second kappa shape index (κ2) is 10.0. The summed E-state index contributed by atoms with van der Waals surface area (Å²) in [5, 5.41) is 5.75. The first-order valence-electron chi connectivity index (χ1n) is 9.42. The average molecular weight is 429 g/mol. The van der Waals surface area contributed by atoms with Gasteiger partial charge in [-0.25, -0.2) is 0 Å². The van der Waals surface area contributed by atoms with Crippen molar-refractivity contribution in [3.05, 3.63) is 60.2 Å². The van der Waals surface area contributed by atoms with Crippen molar-refractivity contribution >= 4 is 40.8 Å². The Morgan fingerprint density at radius 2 is 1.86 bits per heavy atom. The van der Waals surface area contributed by atoms with E-state index >= 15 is 0 Å². The molecule has 152 valence electrons. The first kappa shape index (κ1) is 21.5. The maximum absolute atomic E-state index is 6.29.